The van der Waals surface area contributed by atoms with Gasteiger partial charge in [-0.15, -0.1) is 11.3 Å². The second-order valence-corrected chi connectivity index (χ2v) is 5.04. The molecule has 0 aliphatic carbocycles. The number of rotatable bonds is 4. The van der Waals surface area contributed by atoms with Crippen LogP contribution in [0.3, 0.4) is 0 Å². The molecule has 1 aromatic carbocycles. The maximum Gasteiger partial charge on any atom is 0.233 e. The quantitative estimate of drug-likeness (QED) is 0.892. The summed E-state index contributed by atoms with van der Waals surface area (Å²) in [6.07, 6.45) is 0. The van der Waals surface area contributed by atoms with Gasteiger partial charge in [0.1, 0.15) is 5.01 Å². The number of benzene rings is 1. The Morgan fingerprint density at radius 2 is 2.24 bits per heavy atom. The molecule has 0 spiro atoms. The predicted octanol–water partition coefficient (Wildman–Crippen LogP) is 1.47. The van der Waals surface area contributed by atoms with Crippen molar-refractivity contribution in [2.75, 3.05) is 20.6 Å². The van der Waals surface area contributed by atoms with Gasteiger partial charge in [0.15, 0.2) is 0 Å². The van der Waals surface area contributed by atoms with Gasteiger partial charge in [-0.25, -0.2) is 4.98 Å². The SMILES string of the molecule is CNC(=O)CN(C)Cc1nc2ccccc2s1. The molecule has 0 radical (unpaired) electrons. The van der Waals surface area contributed by atoms with Gasteiger partial charge in [-0.3, -0.25) is 9.69 Å². The minimum atomic E-state index is 0.0219. The molecule has 0 atom stereocenters. The topological polar surface area (TPSA) is 45.2 Å². The Morgan fingerprint density at radius 1 is 1.47 bits per heavy atom. The number of hydrogen-bond donors (Lipinski definition) is 1. The van der Waals surface area contributed by atoms with E-state index in [9.17, 15) is 4.79 Å². The maximum atomic E-state index is 11.2. The number of para-hydroxylation sites is 1. The molecular formula is C12H15N3OS. The standard InChI is InChI=1S/C12H15N3OS/c1-13-11(16)7-15(2)8-12-14-9-5-3-4-6-10(9)17-12/h3-6H,7-8H2,1-2H3,(H,13,16). The zero-order valence-corrected chi connectivity index (χ0v) is 10.8. The number of nitrogens with zero attached hydrogens (tertiary/aromatic N) is 2. The molecule has 0 aliphatic heterocycles. The second kappa shape index (κ2) is 5.25. The number of carbonyl (C=O) groups is 1. The number of fused-ring (bicyclic) bond motifs is 1. The highest BCUT2D eigenvalue weighted by Crippen LogP contribution is 2.22. The summed E-state index contributed by atoms with van der Waals surface area (Å²) in [6.45, 7) is 1.10. The molecule has 1 N–H and O–H groups in total. The molecule has 0 saturated carbocycles. The maximum absolute atomic E-state index is 11.2. The van der Waals surface area contributed by atoms with Crippen molar-refractivity contribution in [1.82, 2.24) is 15.2 Å². The molecule has 0 aliphatic rings. The Labute approximate surface area is 104 Å². The number of hydrogen-bond acceptors (Lipinski definition) is 4. The summed E-state index contributed by atoms with van der Waals surface area (Å²) in [7, 11) is 3.56. The third-order valence-corrected chi connectivity index (χ3v) is 3.46. The van der Waals surface area contributed by atoms with Crippen molar-refractivity contribution in [3.05, 3.63) is 29.3 Å². The van der Waals surface area contributed by atoms with Crippen LogP contribution in [-0.2, 0) is 11.3 Å². The number of nitrogens with one attached hydrogen (secondary N) is 1. The second-order valence-electron chi connectivity index (χ2n) is 3.92. The number of carbonyl (C=O) groups excluding carboxylic acids is 1. The first kappa shape index (κ1) is 12.0. The lowest BCUT2D eigenvalue weighted by atomic mass is 10.3. The van der Waals surface area contributed by atoms with Gasteiger partial charge in [-0.1, -0.05) is 12.1 Å². The summed E-state index contributed by atoms with van der Waals surface area (Å²) in [5.74, 6) is 0.0219. The molecule has 1 amide bonds. The van der Waals surface area contributed by atoms with E-state index in [0.29, 0.717) is 13.1 Å². The van der Waals surface area contributed by atoms with Crippen molar-refractivity contribution in [3.63, 3.8) is 0 Å². The Kier molecular flexibility index (Phi) is 3.71. The molecule has 1 heterocycles. The van der Waals surface area contributed by atoms with Crippen LogP contribution in [0, 0.1) is 0 Å². The van der Waals surface area contributed by atoms with E-state index in [1.165, 1.54) is 4.70 Å². The van der Waals surface area contributed by atoms with Gasteiger partial charge in [0.05, 0.1) is 23.3 Å². The molecule has 2 rings (SSSR count). The van der Waals surface area contributed by atoms with E-state index >= 15 is 0 Å². The van der Waals surface area contributed by atoms with E-state index < -0.39 is 0 Å². The fraction of sp³-hybridized carbons (Fsp3) is 0.333. The van der Waals surface area contributed by atoms with Crippen molar-refractivity contribution in [1.29, 1.82) is 0 Å². The van der Waals surface area contributed by atoms with Crippen molar-refractivity contribution < 1.29 is 4.79 Å². The van der Waals surface area contributed by atoms with E-state index in [1.54, 1.807) is 18.4 Å². The monoisotopic (exact) mass is 249 g/mol. The first-order valence-electron chi connectivity index (χ1n) is 5.42. The minimum absolute atomic E-state index is 0.0219. The van der Waals surface area contributed by atoms with Gasteiger partial charge in [0, 0.05) is 7.05 Å². The Hall–Kier alpha value is -1.46. The average molecular weight is 249 g/mol. The van der Waals surface area contributed by atoms with Crippen LogP contribution in [0.1, 0.15) is 5.01 Å². The van der Waals surface area contributed by atoms with Crippen LogP contribution in [-0.4, -0.2) is 36.4 Å². The highest BCUT2D eigenvalue weighted by atomic mass is 32.1. The zero-order chi connectivity index (χ0) is 12.3. The summed E-state index contributed by atoms with van der Waals surface area (Å²) < 4.78 is 1.19. The van der Waals surface area contributed by atoms with Gasteiger partial charge in [0.2, 0.25) is 5.91 Å². The molecule has 4 nitrogen and oxygen atoms in total. The molecule has 0 bridgehead atoms. The number of aromatic nitrogens is 1. The fourth-order valence-electron chi connectivity index (χ4n) is 1.60. The van der Waals surface area contributed by atoms with E-state index in [0.717, 1.165) is 10.5 Å². The van der Waals surface area contributed by atoms with E-state index in [2.05, 4.69) is 16.4 Å². The Morgan fingerprint density at radius 3 is 2.94 bits per heavy atom. The molecule has 0 saturated heterocycles. The molecule has 0 fully saturated rings. The van der Waals surface area contributed by atoms with Crippen LogP contribution >= 0.6 is 11.3 Å². The van der Waals surface area contributed by atoms with Gasteiger partial charge < -0.3 is 5.32 Å². The summed E-state index contributed by atoms with van der Waals surface area (Å²) in [5, 5.41) is 3.65. The molecular weight excluding hydrogens is 234 g/mol. The lowest BCUT2D eigenvalue weighted by Crippen LogP contribution is -2.32. The highest BCUT2D eigenvalue weighted by Gasteiger charge is 2.08. The third-order valence-electron chi connectivity index (χ3n) is 2.44. The predicted molar refractivity (Wildman–Crippen MR) is 70.0 cm³/mol. The zero-order valence-electron chi connectivity index (χ0n) is 9.93. The Balaban J connectivity index is 2.05. The largest absolute Gasteiger partial charge is 0.358 e. The first-order chi connectivity index (χ1) is 8.19. The van der Waals surface area contributed by atoms with Gasteiger partial charge >= 0.3 is 0 Å². The van der Waals surface area contributed by atoms with E-state index in [4.69, 9.17) is 0 Å². The van der Waals surface area contributed by atoms with Crippen molar-refractivity contribution in [3.8, 4) is 0 Å². The summed E-state index contributed by atoms with van der Waals surface area (Å²) >= 11 is 1.68. The van der Waals surface area contributed by atoms with Gasteiger partial charge in [0.25, 0.3) is 0 Å². The van der Waals surface area contributed by atoms with Crippen LogP contribution in [0.5, 0.6) is 0 Å². The van der Waals surface area contributed by atoms with E-state index in [-0.39, 0.29) is 5.91 Å². The summed E-state index contributed by atoms with van der Waals surface area (Å²) in [5.41, 5.74) is 1.03. The van der Waals surface area contributed by atoms with Crippen LogP contribution in [0.2, 0.25) is 0 Å². The normalized spacial score (nSPS) is 11.0. The Bertz CT molecular complexity index is 490. The van der Waals surface area contributed by atoms with E-state index in [1.807, 2.05) is 30.1 Å². The molecule has 17 heavy (non-hydrogen) atoms. The molecule has 1 aromatic heterocycles. The highest BCUT2D eigenvalue weighted by molar-refractivity contribution is 7.18. The first-order valence-corrected chi connectivity index (χ1v) is 6.24. The van der Waals surface area contributed by atoms with Crippen molar-refractivity contribution in [2.45, 2.75) is 6.54 Å². The summed E-state index contributed by atoms with van der Waals surface area (Å²) in [6, 6.07) is 8.07. The average Bonchev–Trinajstić information content (AvgIpc) is 2.70. The molecule has 0 unspecified atom stereocenters. The summed E-state index contributed by atoms with van der Waals surface area (Å²) in [4.78, 5) is 17.7. The molecule has 5 heteroatoms. The van der Waals surface area contributed by atoms with Crippen LogP contribution < -0.4 is 5.32 Å². The van der Waals surface area contributed by atoms with Gasteiger partial charge in [-0.2, -0.15) is 0 Å². The van der Waals surface area contributed by atoms with Crippen LogP contribution in [0.15, 0.2) is 24.3 Å². The third kappa shape index (κ3) is 3.01. The lowest BCUT2D eigenvalue weighted by Gasteiger charge is -2.13. The van der Waals surface area contributed by atoms with Crippen molar-refractivity contribution >= 4 is 27.5 Å². The minimum Gasteiger partial charge on any atom is -0.358 e. The number of thiazole rings is 1. The van der Waals surface area contributed by atoms with Crippen LogP contribution in [0.25, 0.3) is 10.2 Å². The van der Waals surface area contributed by atoms with Gasteiger partial charge in [-0.05, 0) is 19.2 Å². The fourth-order valence-corrected chi connectivity index (χ4v) is 2.65. The smallest absolute Gasteiger partial charge is 0.233 e. The molecule has 2 aromatic rings. The lowest BCUT2D eigenvalue weighted by molar-refractivity contribution is -0.121. The van der Waals surface area contributed by atoms with Crippen LogP contribution in [0.4, 0.5) is 0 Å². The number of amides is 1. The number of likely N-dealkylation sites (N-methyl/N-ethyl adjacent to an activating group) is 2. The van der Waals surface area contributed by atoms with Crippen molar-refractivity contribution in [2.24, 2.45) is 0 Å². The molecule has 90 valence electrons.